The van der Waals surface area contributed by atoms with Crippen molar-refractivity contribution < 1.29 is 19.4 Å². The minimum absolute atomic E-state index is 0.0404. The van der Waals surface area contributed by atoms with Crippen molar-refractivity contribution >= 4 is 11.7 Å². The lowest BCUT2D eigenvalue weighted by Gasteiger charge is -2.77. The van der Waals surface area contributed by atoms with Crippen LogP contribution in [0.1, 0.15) is 51.9 Å². The monoisotopic (exact) mass is 371 g/mol. The van der Waals surface area contributed by atoms with Gasteiger partial charge in [0.2, 0.25) is 5.91 Å². The molecular weight excluding hydrogens is 342 g/mol. The van der Waals surface area contributed by atoms with Gasteiger partial charge in [0, 0.05) is 12.0 Å². The number of aliphatic hydroxyl groups is 1. The van der Waals surface area contributed by atoms with E-state index >= 15 is 0 Å². The van der Waals surface area contributed by atoms with Crippen LogP contribution in [0.25, 0.3) is 0 Å². The van der Waals surface area contributed by atoms with E-state index < -0.39 is 5.41 Å². The molecule has 2 unspecified atom stereocenters. The Morgan fingerprint density at radius 2 is 2.04 bits per heavy atom. The summed E-state index contributed by atoms with van der Waals surface area (Å²) in [6.45, 7) is 6.61. The molecule has 146 valence electrons. The van der Waals surface area contributed by atoms with Gasteiger partial charge in [-0.1, -0.05) is 19.9 Å². The summed E-state index contributed by atoms with van der Waals surface area (Å²) >= 11 is 0. The van der Waals surface area contributed by atoms with Gasteiger partial charge in [0.25, 0.3) is 0 Å². The molecule has 5 aliphatic carbocycles. The first-order valence-corrected chi connectivity index (χ1v) is 10.7. The quantitative estimate of drug-likeness (QED) is 0.757. The molecule has 27 heavy (non-hydrogen) atoms. The molecule has 3 heterocycles. The van der Waals surface area contributed by atoms with Gasteiger partial charge in [0.1, 0.15) is 6.23 Å². The first-order chi connectivity index (χ1) is 12.9. The molecule has 2 spiro atoms. The van der Waals surface area contributed by atoms with E-state index in [9.17, 15) is 14.7 Å². The number of carbonyl (C=O) groups is 2. The van der Waals surface area contributed by atoms with Crippen molar-refractivity contribution in [1.82, 2.24) is 4.90 Å². The van der Waals surface area contributed by atoms with Crippen LogP contribution in [0.15, 0.2) is 12.2 Å². The van der Waals surface area contributed by atoms with Crippen LogP contribution in [0.4, 0.5) is 0 Å². The molecular formula is C22H29NO4. The lowest BCUT2D eigenvalue weighted by Crippen LogP contribution is -2.82. The Labute approximate surface area is 160 Å². The second kappa shape index (κ2) is 4.85. The number of nitrogens with zero attached hydrogens (tertiary/aromatic N) is 1. The van der Waals surface area contributed by atoms with Crippen LogP contribution in [-0.2, 0) is 14.3 Å². The summed E-state index contributed by atoms with van der Waals surface area (Å²) in [5.74, 6) is 1.35. The number of piperidine rings is 1. The number of hydrogen-bond acceptors (Lipinski definition) is 4. The molecule has 8 rings (SSSR count). The largest absolute Gasteiger partial charge is 0.395 e. The molecule has 0 aromatic heterocycles. The smallest absolute Gasteiger partial charge is 0.230 e. The highest BCUT2D eigenvalue weighted by atomic mass is 16.5. The van der Waals surface area contributed by atoms with E-state index in [4.69, 9.17) is 4.74 Å². The third-order valence-electron chi connectivity index (χ3n) is 9.78. The number of allylic oxidation sites excluding steroid dienone is 1. The van der Waals surface area contributed by atoms with E-state index in [2.05, 4.69) is 13.5 Å². The van der Waals surface area contributed by atoms with Crippen LogP contribution in [0.3, 0.4) is 0 Å². The Hall–Kier alpha value is -1.20. The topological polar surface area (TPSA) is 66.8 Å². The molecule has 5 saturated carbocycles. The van der Waals surface area contributed by atoms with Gasteiger partial charge >= 0.3 is 0 Å². The number of likely N-dealkylation sites (tertiary alicyclic amines) is 1. The molecule has 1 amide bonds. The van der Waals surface area contributed by atoms with Crippen molar-refractivity contribution in [2.24, 2.45) is 34.0 Å². The SMILES string of the molecule is C=C1C(=O)[C@]23CC[C@H]1CC2[C@@]12CCC[C@@]4(C)C(=O)N(CCO)[C@@H]1O[C@@H]3CC24. The van der Waals surface area contributed by atoms with Crippen molar-refractivity contribution in [2.45, 2.75) is 64.2 Å². The standard InChI is InChI=1S/C22H29NO4/c1-12-13-4-7-22(17(12)25)15(10-13)21-6-3-5-20(2)14(21)11-16(22)27-19(21)23(8-9-24)18(20)26/h13-16,19,24H,1,3-11H2,2H3/t13-,14?,15?,16+,19+,20+,21-,22+/m0/s1. The third kappa shape index (κ3) is 1.53. The molecule has 0 aromatic carbocycles. The van der Waals surface area contributed by atoms with Gasteiger partial charge in [0.15, 0.2) is 5.78 Å². The number of rotatable bonds is 2. The maximum atomic E-state index is 13.5. The first kappa shape index (κ1) is 16.7. The molecule has 7 bridgehead atoms. The Morgan fingerprint density at radius 1 is 1.22 bits per heavy atom. The van der Waals surface area contributed by atoms with Crippen molar-refractivity contribution in [2.75, 3.05) is 13.2 Å². The van der Waals surface area contributed by atoms with Gasteiger partial charge in [-0.3, -0.25) is 9.59 Å². The molecule has 3 saturated heterocycles. The number of carbonyl (C=O) groups excluding carboxylic acids is 2. The van der Waals surface area contributed by atoms with Gasteiger partial charge in [-0.2, -0.15) is 0 Å². The highest BCUT2D eigenvalue weighted by molar-refractivity contribution is 6.02. The summed E-state index contributed by atoms with van der Waals surface area (Å²) in [6.07, 6.45) is 6.49. The number of β-amino-alcohol motifs (C(OH)–C–C–N with tert-alkyl or cyclic N) is 1. The number of ether oxygens (including phenoxy) is 1. The molecule has 0 radical (unpaired) electrons. The van der Waals surface area contributed by atoms with Crippen LogP contribution in [0.2, 0.25) is 0 Å². The Bertz CT molecular complexity index is 778. The summed E-state index contributed by atoms with van der Waals surface area (Å²) in [6, 6.07) is 0. The highest BCUT2D eigenvalue weighted by Crippen LogP contribution is 2.77. The fourth-order valence-corrected chi connectivity index (χ4v) is 8.84. The molecule has 8 aliphatic rings. The van der Waals surface area contributed by atoms with Crippen molar-refractivity contribution in [1.29, 1.82) is 0 Å². The van der Waals surface area contributed by atoms with E-state index in [1.54, 1.807) is 0 Å². The second-order valence-electron chi connectivity index (χ2n) is 10.3. The summed E-state index contributed by atoms with van der Waals surface area (Å²) < 4.78 is 6.65. The zero-order valence-corrected chi connectivity index (χ0v) is 16.1. The molecule has 5 heteroatoms. The molecule has 3 aliphatic heterocycles. The lowest BCUT2D eigenvalue weighted by molar-refractivity contribution is -0.369. The van der Waals surface area contributed by atoms with Gasteiger partial charge in [-0.05, 0) is 61.9 Å². The van der Waals surface area contributed by atoms with Crippen LogP contribution < -0.4 is 0 Å². The normalized spacial score (nSPS) is 55.1. The minimum atomic E-state index is -0.400. The number of fused-ring (bicyclic) bond motifs is 2. The number of amides is 1. The Morgan fingerprint density at radius 3 is 2.81 bits per heavy atom. The predicted octanol–water partition coefficient (Wildman–Crippen LogP) is 2.28. The highest BCUT2D eigenvalue weighted by Gasteiger charge is 2.80. The van der Waals surface area contributed by atoms with Crippen LogP contribution in [0.5, 0.6) is 0 Å². The number of hydrogen-bond donors (Lipinski definition) is 1. The molecule has 5 nitrogen and oxygen atoms in total. The summed E-state index contributed by atoms with van der Waals surface area (Å²) in [5, 5.41) is 9.65. The van der Waals surface area contributed by atoms with Crippen molar-refractivity contribution in [3.63, 3.8) is 0 Å². The number of ketones is 1. The van der Waals surface area contributed by atoms with Gasteiger partial charge in [-0.15, -0.1) is 0 Å². The van der Waals surface area contributed by atoms with Crippen molar-refractivity contribution in [3.8, 4) is 0 Å². The maximum Gasteiger partial charge on any atom is 0.230 e. The third-order valence-corrected chi connectivity index (χ3v) is 9.78. The fourth-order valence-electron chi connectivity index (χ4n) is 8.84. The second-order valence-corrected chi connectivity index (χ2v) is 10.3. The average Bonchev–Trinajstić information content (AvgIpc) is 2.68. The fraction of sp³-hybridized carbons (Fsp3) is 0.818. The predicted molar refractivity (Wildman–Crippen MR) is 97.4 cm³/mol. The van der Waals surface area contributed by atoms with E-state index in [-0.39, 0.29) is 41.5 Å². The van der Waals surface area contributed by atoms with Gasteiger partial charge in [0.05, 0.1) is 23.5 Å². The van der Waals surface area contributed by atoms with E-state index in [0.717, 1.165) is 50.5 Å². The zero-order valence-electron chi connectivity index (χ0n) is 16.1. The molecule has 1 N–H and O–H groups in total. The van der Waals surface area contributed by atoms with Crippen LogP contribution >= 0.6 is 0 Å². The number of aliphatic hydroxyl groups excluding tert-OH is 1. The molecule has 0 aromatic rings. The van der Waals surface area contributed by atoms with Crippen molar-refractivity contribution in [3.05, 3.63) is 12.2 Å². The summed E-state index contributed by atoms with van der Waals surface area (Å²) in [7, 11) is 0. The summed E-state index contributed by atoms with van der Waals surface area (Å²) in [5.41, 5.74) is -0.0657. The average molecular weight is 371 g/mol. The van der Waals surface area contributed by atoms with Gasteiger partial charge in [-0.25, -0.2) is 0 Å². The summed E-state index contributed by atoms with van der Waals surface area (Å²) in [4.78, 5) is 28.7. The number of Topliss-reactive ketones (excluding diaryl/α,β-unsaturated/α-hetero) is 1. The van der Waals surface area contributed by atoms with E-state index in [0.29, 0.717) is 24.3 Å². The first-order valence-electron chi connectivity index (χ1n) is 10.7. The maximum absolute atomic E-state index is 13.5. The lowest BCUT2D eigenvalue weighted by atomic mass is 9.32. The zero-order chi connectivity index (χ0) is 18.8. The van der Waals surface area contributed by atoms with Crippen LogP contribution in [0, 0.1) is 34.0 Å². The van der Waals surface area contributed by atoms with Crippen LogP contribution in [-0.4, -0.2) is 47.2 Å². The molecule has 8 atom stereocenters. The Kier molecular flexibility index (Phi) is 3.01. The van der Waals surface area contributed by atoms with E-state index in [1.807, 2.05) is 4.90 Å². The molecule has 8 fully saturated rings. The van der Waals surface area contributed by atoms with Gasteiger partial charge < -0.3 is 14.7 Å². The minimum Gasteiger partial charge on any atom is -0.395 e. The Balaban J connectivity index is 1.56. The van der Waals surface area contributed by atoms with E-state index in [1.165, 1.54) is 0 Å².